The molecule has 0 spiro atoms. The molecular formula is C21H21FN2O3S. The molecule has 1 aromatic heterocycles. The van der Waals surface area contributed by atoms with E-state index in [1.807, 2.05) is 18.2 Å². The summed E-state index contributed by atoms with van der Waals surface area (Å²) >= 11 is 1.57. The van der Waals surface area contributed by atoms with Crippen LogP contribution in [0, 0.1) is 5.82 Å². The van der Waals surface area contributed by atoms with Crippen molar-refractivity contribution in [3.8, 4) is 0 Å². The van der Waals surface area contributed by atoms with Crippen LogP contribution in [0.3, 0.4) is 0 Å². The monoisotopic (exact) mass is 400 g/mol. The van der Waals surface area contributed by atoms with Crippen molar-refractivity contribution in [1.82, 2.24) is 9.88 Å². The molecule has 0 atom stereocenters. The highest BCUT2D eigenvalue weighted by Gasteiger charge is 2.20. The molecule has 2 aromatic rings. The highest BCUT2D eigenvalue weighted by Crippen LogP contribution is 2.31. The lowest BCUT2D eigenvalue weighted by Crippen LogP contribution is -2.26. The van der Waals surface area contributed by atoms with Crippen molar-refractivity contribution in [1.29, 1.82) is 0 Å². The number of pyridine rings is 1. The Hall–Kier alpha value is -2.80. The van der Waals surface area contributed by atoms with Crippen molar-refractivity contribution in [2.45, 2.75) is 19.4 Å². The summed E-state index contributed by atoms with van der Waals surface area (Å²) in [6.07, 6.45) is 7.46. The van der Waals surface area contributed by atoms with Gasteiger partial charge >= 0.3 is 6.16 Å². The van der Waals surface area contributed by atoms with E-state index < -0.39 is 6.16 Å². The SMILES string of the molecule is O=C(O)OC1=C(SCCCc2ccc(F)cc2)N(Cc2ccncc2)CC=C1. The first-order chi connectivity index (χ1) is 13.6. The molecule has 2 heterocycles. The summed E-state index contributed by atoms with van der Waals surface area (Å²) in [5.41, 5.74) is 2.17. The maximum Gasteiger partial charge on any atom is 0.511 e. The van der Waals surface area contributed by atoms with E-state index in [1.165, 1.54) is 12.1 Å². The highest BCUT2D eigenvalue weighted by molar-refractivity contribution is 8.03. The fraction of sp³-hybridized carbons (Fsp3) is 0.238. The number of hydrogen-bond donors (Lipinski definition) is 1. The summed E-state index contributed by atoms with van der Waals surface area (Å²) in [7, 11) is 0. The van der Waals surface area contributed by atoms with Crippen molar-refractivity contribution in [3.63, 3.8) is 0 Å². The maximum absolute atomic E-state index is 13.0. The van der Waals surface area contributed by atoms with Gasteiger partial charge in [0.25, 0.3) is 0 Å². The first-order valence-corrected chi connectivity index (χ1v) is 9.93. The van der Waals surface area contributed by atoms with Gasteiger partial charge < -0.3 is 14.7 Å². The molecule has 0 saturated carbocycles. The minimum Gasteiger partial charge on any atom is -0.449 e. The van der Waals surface area contributed by atoms with Crippen molar-refractivity contribution in [2.24, 2.45) is 0 Å². The number of carbonyl (C=O) groups is 1. The quantitative estimate of drug-likeness (QED) is 0.506. The Morgan fingerprint density at radius 1 is 1.18 bits per heavy atom. The van der Waals surface area contributed by atoms with Gasteiger partial charge in [0, 0.05) is 25.5 Å². The van der Waals surface area contributed by atoms with Crippen molar-refractivity contribution in [2.75, 3.05) is 12.3 Å². The van der Waals surface area contributed by atoms with Crippen LogP contribution in [0.2, 0.25) is 0 Å². The number of carboxylic acid groups (broad SMARTS) is 1. The third-order valence-corrected chi connectivity index (χ3v) is 5.40. The standard InChI is InChI=1S/C21H21FN2O3S/c22-18-7-5-16(6-8-18)3-2-14-28-20-19(27-21(25)26)4-1-13-24(20)15-17-9-11-23-12-10-17/h1,4-12H,2-3,13-15H2,(H,25,26). The molecule has 0 unspecified atom stereocenters. The maximum atomic E-state index is 13.0. The molecule has 7 heteroatoms. The summed E-state index contributed by atoms with van der Waals surface area (Å²) in [6.45, 7) is 1.31. The zero-order chi connectivity index (χ0) is 19.8. The molecule has 1 aliphatic rings. The molecule has 1 N–H and O–H groups in total. The molecule has 0 radical (unpaired) electrons. The second-order valence-electron chi connectivity index (χ2n) is 6.25. The number of ether oxygens (including phenoxy) is 1. The first kappa shape index (κ1) is 19.9. The van der Waals surface area contributed by atoms with Gasteiger partial charge in [-0.3, -0.25) is 4.98 Å². The number of thioether (sulfide) groups is 1. The Kier molecular flexibility index (Phi) is 7.08. The fourth-order valence-corrected chi connectivity index (χ4v) is 3.93. The second-order valence-corrected chi connectivity index (χ2v) is 7.34. The van der Waals surface area contributed by atoms with E-state index in [9.17, 15) is 9.18 Å². The lowest BCUT2D eigenvalue weighted by Gasteiger charge is -2.29. The number of aryl methyl sites for hydroxylation is 1. The average molecular weight is 400 g/mol. The van der Waals surface area contributed by atoms with E-state index in [0.29, 0.717) is 18.8 Å². The Morgan fingerprint density at radius 2 is 1.93 bits per heavy atom. The fourth-order valence-electron chi connectivity index (χ4n) is 2.87. The van der Waals surface area contributed by atoms with Gasteiger partial charge in [-0.2, -0.15) is 0 Å². The minimum absolute atomic E-state index is 0.237. The van der Waals surface area contributed by atoms with E-state index in [-0.39, 0.29) is 5.82 Å². The number of halogens is 1. The zero-order valence-electron chi connectivity index (χ0n) is 15.3. The topological polar surface area (TPSA) is 62.7 Å². The number of aromatic nitrogens is 1. The lowest BCUT2D eigenvalue weighted by atomic mass is 10.1. The van der Waals surface area contributed by atoms with Crippen LogP contribution < -0.4 is 0 Å². The molecule has 1 aromatic carbocycles. The molecule has 3 rings (SSSR count). The molecule has 0 amide bonds. The first-order valence-electron chi connectivity index (χ1n) is 8.94. The van der Waals surface area contributed by atoms with E-state index in [0.717, 1.165) is 34.8 Å². The Labute approximate surface area is 167 Å². The summed E-state index contributed by atoms with van der Waals surface area (Å²) in [5, 5.41) is 9.85. The number of allylic oxidation sites excluding steroid dienone is 1. The van der Waals surface area contributed by atoms with E-state index in [2.05, 4.69) is 9.88 Å². The van der Waals surface area contributed by atoms with Gasteiger partial charge in [-0.1, -0.05) is 18.2 Å². The average Bonchev–Trinajstić information content (AvgIpc) is 2.68. The number of nitrogens with zero attached hydrogens (tertiary/aromatic N) is 2. The minimum atomic E-state index is -1.32. The van der Waals surface area contributed by atoms with Crippen LogP contribution >= 0.6 is 11.8 Å². The molecule has 0 bridgehead atoms. The molecule has 0 aliphatic carbocycles. The van der Waals surface area contributed by atoms with Gasteiger partial charge in [0.2, 0.25) is 0 Å². The summed E-state index contributed by atoms with van der Waals surface area (Å²) in [6, 6.07) is 10.4. The summed E-state index contributed by atoms with van der Waals surface area (Å²) in [5.74, 6) is 0.902. The molecule has 0 saturated heterocycles. The molecule has 28 heavy (non-hydrogen) atoms. The zero-order valence-corrected chi connectivity index (χ0v) is 16.1. The van der Waals surface area contributed by atoms with Crippen molar-refractivity contribution in [3.05, 3.63) is 88.7 Å². The Bertz CT molecular complexity index is 854. The number of hydrogen-bond acceptors (Lipinski definition) is 5. The summed E-state index contributed by atoms with van der Waals surface area (Å²) in [4.78, 5) is 17.2. The third-order valence-electron chi connectivity index (χ3n) is 4.17. The van der Waals surface area contributed by atoms with E-state index in [1.54, 1.807) is 42.4 Å². The lowest BCUT2D eigenvalue weighted by molar-refractivity contribution is 0.119. The van der Waals surface area contributed by atoms with Gasteiger partial charge in [-0.15, -0.1) is 11.8 Å². The van der Waals surface area contributed by atoms with Crippen molar-refractivity contribution >= 4 is 17.9 Å². The predicted molar refractivity (Wildman–Crippen MR) is 107 cm³/mol. The van der Waals surface area contributed by atoms with Crippen LogP contribution in [-0.2, 0) is 17.7 Å². The third kappa shape index (κ3) is 5.85. The number of benzene rings is 1. The smallest absolute Gasteiger partial charge is 0.449 e. The van der Waals surface area contributed by atoms with Crippen molar-refractivity contribution < 1.29 is 19.0 Å². The van der Waals surface area contributed by atoms with E-state index in [4.69, 9.17) is 9.84 Å². The van der Waals surface area contributed by atoms with Gasteiger partial charge in [0.15, 0.2) is 5.76 Å². The molecule has 5 nitrogen and oxygen atoms in total. The van der Waals surface area contributed by atoms with Crippen LogP contribution in [0.1, 0.15) is 17.5 Å². The van der Waals surface area contributed by atoms with Crippen LogP contribution in [0.5, 0.6) is 0 Å². The molecular weight excluding hydrogens is 379 g/mol. The number of rotatable bonds is 8. The summed E-state index contributed by atoms with van der Waals surface area (Å²) < 4.78 is 18.0. The van der Waals surface area contributed by atoms with Crippen LogP contribution in [-0.4, -0.2) is 33.4 Å². The van der Waals surface area contributed by atoms with Crippen LogP contribution in [0.4, 0.5) is 9.18 Å². The molecule has 146 valence electrons. The van der Waals surface area contributed by atoms with Gasteiger partial charge in [0.05, 0.1) is 0 Å². The van der Waals surface area contributed by atoms with E-state index >= 15 is 0 Å². The molecule has 0 fully saturated rings. The largest absolute Gasteiger partial charge is 0.511 e. The Morgan fingerprint density at radius 3 is 2.64 bits per heavy atom. The van der Waals surface area contributed by atoms with Gasteiger partial charge in [-0.25, -0.2) is 9.18 Å². The van der Waals surface area contributed by atoms with Crippen LogP contribution in [0.25, 0.3) is 0 Å². The molecule has 1 aliphatic heterocycles. The van der Waals surface area contributed by atoms with Gasteiger partial charge in [-0.05, 0) is 60.1 Å². The highest BCUT2D eigenvalue weighted by atomic mass is 32.2. The second kappa shape index (κ2) is 9.94. The predicted octanol–water partition coefficient (Wildman–Crippen LogP) is 4.82. The van der Waals surface area contributed by atoms with Gasteiger partial charge in [0.1, 0.15) is 10.8 Å². The Balaban J connectivity index is 1.65. The normalized spacial score (nSPS) is 13.7. The van der Waals surface area contributed by atoms with Crippen LogP contribution in [0.15, 0.2) is 71.7 Å².